The van der Waals surface area contributed by atoms with Gasteiger partial charge in [-0.2, -0.15) is 4.99 Å². The third kappa shape index (κ3) is 5.74. The van der Waals surface area contributed by atoms with Crippen molar-refractivity contribution < 1.29 is 48.6 Å². The molecule has 8 bridgehead atoms. The maximum atomic E-state index is 15.0. The third-order valence-electron chi connectivity index (χ3n) is 13.6. The number of aliphatic imine (C=N–C) groups is 1. The first-order valence-corrected chi connectivity index (χ1v) is 20.8. The number of ketones is 1. The van der Waals surface area contributed by atoms with Crippen LogP contribution in [0.2, 0.25) is 0 Å². The molecule has 0 radical (unpaired) electrons. The zero-order valence-corrected chi connectivity index (χ0v) is 32.9. The van der Waals surface area contributed by atoms with Crippen LogP contribution in [0, 0.1) is 24.4 Å². The van der Waals surface area contributed by atoms with Crippen molar-refractivity contribution in [2.75, 3.05) is 20.3 Å². The summed E-state index contributed by atoms with van der Waals surface area (Å²) in [6, 6.07) is 7.32. The molecule has 1 saturated carbocycles. The molecule has 2 fully saturated rings. The van der Waals surface area contributed by atoms with Crippen LogP contribution in [0.4, 0.5) is 0 Å². The first-order chi connectivity index (χ1) is 29.3. The van der Waals surface area contributed by atoms with Gasteiger partial charge in [0.2, 0.25) is 6.29 Å². The standard InChI is InChI=1S/C48H42N2O10/c1-56-37-19-31-28-15-14-25-8-4-11-26(25)39(28)41-35(51)22-50-21-33-24(7-5-12-29(33)47(50)55)9-6-18-57-46-42(52)38-23-58-36(32-20-49-34-13-3-2-10-27(32)34)17-16-30(37)45(40(31)43(41)53)60-48(59-38)44(46)54/h2-3,5,7,10,12-13,16-17,19-20,25-26,36,38,42,44,46,48,52,54H,4,8-9,11,14-15,21-23H2,1H3/p+1/b17-16+/t25-,26+,36-,38-,42-,44-,46+,48-/m1/s1. The molecular formula is C48H43N2O10+. The van der Waals surface area contributed by atoms with Crippen molar-refractivity contribution >= 4 is 34.8 Å². The number of nitrogens with zero attached hydrogens (tertiary/aromatic N) is 2. The zero-order chi connectivity index (χ0) is 40.8. The lowest BCUT2D eigenvalue weighted by atomic mass is 9.72. The zero-order valence-electron chi connectivity index (χ0n) is 32.9. The highest BCUT2D eigenvalue weighted by Gasteiger charge is 2.49. The number of Topliss-reactive ketones (excluding diaryl/α,β-unsaturated/α-hetero) is 1. The minimum Gasteiger partial charge on any atom is -0.506 e. The van der Waals surface area contributed by atoms with Crippen molar-refractivity contribution in [2.45, 2.75) is 87.8 Å². The second-order valence-electron chi connectivity index (χ2n) is 16.7. The molecule has 1 saturated heterocycles. The minimum atomic E-state index is -1.57. The molecule has 3 aromatic rings. The summed E-state index contributed by atoms with van der Waals surface area (Å²) in [6.07, 6.45) is 13.0. The van der Waals surface area contributed by atoms with Gasteiger partial charge in [-0.15, -0.1) is 0 Å². The fourth-order valence-corrected chi connectivity index (χ4v) is 10.7. The lowest BCUT2D eigenvalue weighted by molar-refractivity contribution is -0.279. The van der Waals surface area contributed by atoms with Crippen LogP contribution in [0.25, 0.3) is 16.8 Å². The smallest absolute Gasteiger partial charge is 0.254 e. The van der Waals surface area contributed by atoms with E-state index in [2.05, 4.69) is 17.0 Å². The topological polar surface area (TPSA) is 157 Å². The first kappa shape index (κ1) is 37.2. The van der Waals surface area contributed by atoms with Crippen LogP contribution in [0.15, 0.2) is 70.4 Å². The van der Waals surface area contributed by atoms with Gasteiger partial charge in [-0.25, -0.2) is 0 Å². The van der Waals surface area contributed by atoms with E-state index in [-0.39, 0.29) is 66.2 Å². The number of aliphatic hydroxyl groups is 2. The molecule has 3 aliphatic carbocycles. The molecule has 5 aliphatic heterocycles. The number of rotatable bonds is 2. The summed E-state index contributed by atoms with van der Waals surface area (Å²) in [7, 11) is 1.56. The number of carbonyl (C=O) groups is 2. The molecule has 8 atom stereocenters. The molecule has 5 heterocycles. The fraction of sp³-hybridized carbons (Fsp3) is 0.375. The third-order valence-corrected chi connectivity index (χ3v) is 13.6. The lowest BCUT2D eigenvalue weighted by Crippen LogP contribution is -2.61. The second-order valence-corrected chi connectivity index (χ2v) is 16.7. The summed E-state index contributed by atoms with van der Waals surface area (Å²) in [4.78, 5) is 35.1. The number of fused-ring (bicyclic) bond motifs is 10. The van der Waals surface area contributed by atoms with Gasteiger partial charge in [0.05, 0.1) is 48.6 Å². The number of phenols is 1. The van der Waals surface area contributed by atoms with Gasteiger partial charge in [0, 0.05) is 43.2 Å². The van der Waals surface area contributed by atoms with Gasteiger partial charge in [-0.05, 0) is 89.4 Å². The molecule has 0 aromatic heterocycles. The van der Waals surface area contributed by atoms with Crippen LogP contribution in [0.3, 0.4) is 0 Å². The number of aryl methyl sites for hydroxylation is 1. The molecule has 1 amide bonds. The van der Waals surface area contributed by atoms with Crippen LogP contribution in [-0.2, 0) is 33.6 Å². The van der Waals surface area contributed by atoms with Gasteiger partial charge in [0.15, 0.2) is 23.7 Å². The Balaban J connectivity index is 1.17. The number of benzene rings is 3. The van der Waals surface area contributed by atoms with E-state index in [1.54, 1.807) is 31.5 Å². The molecule has 0 unspecified atom stereocenters. The number of allylic oxidation sites excluding steroid dienone is 4. The molecule has 3 aromatic carbocycles. The lowest BCUT2D eigenvalue weighted by Gasteiger charge is -2.41. The number of carbonyl (C=O) groups excluding carboxylic acids is 2. The van der Waals surface area contributed by atoms with Crippen molar-refractivity contribution in [1.29, 1.82) is 0 Å². The first-order valence-electron chi connectivity index (χ1n) is 20.8. The number of aliphatic hydroxyl groups excluding tert-OH is 2. The Labute approximate surface area is 346 Å². The van der Waals surface area contributed by atoms with E-state index in [9.17, 15) is 20.1 Å². The summed E-state index contributed by atoms with van der Waals surface area (Å²) in [6.45, 7) is -0.168. The van der Waals surface area contributed by atoms with Gasteiger partial charge >= 0.3 is 0 Å². The van der Waals surface area contributed by atoms with Crippen molar-refractivity contribution in [1.82, 2.24) is 4.90 Å². The molecule has 304 valence electrons. The SMILES string of the molecule is COc1cc2c3c(c4c(O)c2c2c1/C=C/[C@H](C1=C5[CH+]C=CC=C5N=C1)OC[C@H]1O[C@H](O2)[C@H](O)[C@@H](OC#CCc2cccc5c2CN(CC4=O)C5=O)[C@@H]1O)[C@H]1CCC[C@@H]1CC3. The Morgan fingerprint density at radius 2 is 1.98 bits per heavy atom. The number of phenolic OH excluding ortho intramolecular Hbond substituents is 1. The quantitative estimate of drug-likeness (QED) is 0.226. The minimum absolute atomic E-state index is 0.0519. The maximum Gasteiger partial charge on any atom is 0.254 e. The fourth-order valence-electron chi connectivity index (χ4n) is 10.7. The average Bonchev–Trinajstić information content (AvgIpc) is 3.99. The molecule has 3 N–H and O–H groups in total. The number of hydrogen-bond acceptors (Lipinski definition) is 11. The van der Waals surface area contributed by atoms with E-state index in [0.29, 0.717) is 34.6 Å². The molecule has 60 heavy (non-hydrogen) atoms. The van der Waals surface area contributed by atoms with E-state index < -0.39 is 36.8 Å². The van der Waals surface area contributed by atoms with Crippen molar-refractivity contribution in [3.05, 3.63) is 111 Å². The van der Waals surface area contributed by atoms with Gasteiger partial charge in [-0.3, -0.25) is 9.59 Å². The highest BCUT2D eigenvalue weighted by Crippen LogP contribution is 2.55. The van der Waals surface area contributed by atoms with Crippen LogP contribution >= 0.6 is 0 Å². The van der Waals surface area contributed by atoms with E-state index in [1.807, 2.05) is 42.9 Å². The Kier molecular flexibility index (Phi) is 8.93. The summed E-state index contributed by atoms with van der Waals surface area (Å²) >= 11 is 0. The van der Waals surface area contributed by atoms with E-state index >= 15 is 4.79 Å². The van der Waals surface area contributed by atoms with Crippen LogP contribution < -0.4 is 9.47 Å². The normalized spacial score (nSPS) is 30.4. The number of amides is 1. The monoisotopic (exact) mass is 807 g/mol. The predicted molar refractivity (Wildman–Crippen MR) is 220 cm³/mol. The predicted octanol–water partition coefficient (Wildman–Crippen LogP) is 5.40. The number of aromatic hydroxyl groups is 1. The van der Waals surface area contributed by atoms with Crippen LogP contribution in [0.5, 0.6) is 17.2 Å². The summed E-state index contributed by atoms with van der Waals surface area (Å²) in [5.74, 6) is 3.05. The summed E-state index contributed by atoms with van der Waals surface area (Å²) in [5, 5.41) is 37.5. The van der Waals surface area contributed by atoms with E-state index in [4.69, 9.17) is 23.7 Å². The van der Waals surface area contributed by atoms with Gasteiger partial charge in [0.1, 0.15) is 47.2 Å². The van der Waals surface area contributed by atoms with Gasteiger partial charge in [0.25, 0.3) is 5.91 Å². The van der Waals surface area contributed by atoms with Crippen molar-refractivity contribution in [2.24, 2.45) is 10.9 Å². The number of ether oxygens (including phenoxy) is 5. The maximum absolute atomic E-state index is 15.0. The highest BCUT2D eigenvalue weighted by atomic mass is 16.7. The van der Waals surface area contributed by atoms with Crippen molar-refractivity contribution in [3.63, 3.8) is 0 Å². The number of hydrogen-bond donors (Lipinski definition) is 3. The Hall–Kier alpha value is -5.84. The summed E-state index contributed by atoms with van der Waals surface area (Å²) < 4.78 is 31.8. The molecule has 11 rings (SSSR count). The van der Waals surface area contributed by atoms with E-state index in [1.165, 1.54) is 4.90 Å². The van der Waals surface area contributed by atoms with E-state index in [0.717, 1.165) is 64.8 Å². The Morgan fingerprint density at radius 1 is 1.08 bits per heavy atom. The largest absolute Gasteiger partial charge is 0.506 e. The van der Waals surface area contributed by atoms with Crippen LogP contribution in [0.1, 0.15) is 80.1 Å². The molecule has 8 aliphatic rings. The van der Waals surface area contributed by atoms with Crippen LogP contribution in [-0.4, -0.2) is 95.2 Å². The molecule has 12 heteroatoms. The average molecular weight is 808 g/mol. The molecule has 12 nitrogen and oxygen atoms in total. The molecule has 0 spiro atoms. The van der Waals surface area contributed by atoms with Gasteiger partial charge in [-0.1, -0.05) is 24.5 Å². The number of methoxy groups -OCH3 is 1. The summed E-state index contributed by atoms with van der Waals surface area (Å²) in [5.41, 5.74) is 6.85. The Morgan fingerprint density at radius 3 is 2.87 bits per heavy atom. The Bertz CT molecular complexity index is 2610. The molecular weight excluding hydrogens is 765 g/mol. The second kappa shape index (κ2) is 14.4. The van der Waals surface area contributed by atoms with Gasteiger partial charge < -0.3 is 43.9 Å². The highest BCUT2D eigenvalue weighted by molar-refractivity contribution is 6.13. The van der Waals surface area contributed by atoms with Crippen molar-refractivity contribution in [3.8, 4) is 29.3 Å².